The SMILES string of the molecule is CCCNCc1ccc(CN2c3ccccc3CC2C)s1. The predicted molar refractivity (Wildman–Crippen MR) is 92.1 cm³/mol. The Bertz CT molecular complexity index is 590. The zero-order valence-corrected chi connectivity index (χ0v) is 13.7. The molecule has 0 amide bonds. The molecule has 0 radical (unpaired) electrons. The summed E-state index contributed by atoms with van der Waals surface area (Å²) >= 11 is 1.94. The minimum absolute atomic E-state index is 0.603. The summed E-state index contributed by atoms with van der Waals surface area (Å²) < 4.78 is 0. The predicted octanol–water partition coefficient (Wildman–Crippen LogP) is 4.20. The third-order valence-corrected chi connectivity index (χ3v) is 5.19. The fraction of sp³-hybridized carbons (Fsp3) is 0.444. The molecule has 0 spiro atoms. The molecule has 0 saturated carbocycles. The van der Waals surface area contributed by atoms with Crippen LogP contribution in [0, 0.1) is 0 Å². The number of hydrogen-bond acceptors (Lipinski definition) is 3. The van der Waals surface area contributed by atoms with Crippen LogP contribution in [0.5, 0.6) is 0 Å². The van der Waals surface area contributed by atoms with Gasteiger partial charge in [0.15, 0.2) is 0 Å². The molecule has 1 N–H and O–H groups in total. The van der Waals surface area contributed by atoms with Crippen molar-refractivity contribution >= 4 is 17.0 Å². The van der Waals surface area contributed by atoms with Gasteiger partial charge in [-0.3, -0.25) is 0 Å². The largest absolute Gasteiger partial charge is 0.363 e. The van der Waals surface area contributed by atoms with E-state index in [1.54, 1.807) is 0 Å². The quantitative estimate of drug-likeness (QED) is 0.804. The molecular formula is C18H24N2S. The molecule has 2 aromatic rings. The molecule has 2 nitrogen and oxygen atoms in total. The van der Waals surface area contributed by atoms with E-state index in [-0.39, 0.29) is 0 Å². The van der Waals surface area contributed by atoms with Crippen LogP contribution in [0.1, 0.15) is 35.6 Å². The number of nitrogens with one attached hydrogen (secondary N) is 1. The molecule has 1 aromatic carbocycles. The van der Waals surface area contributed by atoms with Gasteiger partial charge >= 0.3 is 0 Å². The first-order chi connectivity index (χ1) is 10.3. The maximum Gasteiger partial charge on any atom is 0.0526 e. The number of hydrogen-bond donors (Lipinski definition) is 1. The minimum Gasteiger partial charge on any atom is -0.363 e. The van der Waals surface area contributed by atoms with E-state index in [4.69, 9.17) is 0 Å². The number of nitrogens with zero attached hydrogens (tertiary/aromatic N) is 1. The van der Waals surface area contributed by atoms with Gasteiger partial charge in [-0.2, -0.15) is 0 Å². The van der Waals surface area contributed by atoms with E-state index in [9.17, 15) is 0 Å². The summed E-state index contributed by atoms with van der Waals surface area (Å²) in [6.07, 6.45) is 2.37. The lowest BCUT2D eigenvalue weighted by Gasteiger charge is -2.24. The molecule has 1 aliphatic rings. The van der Waals surface area contributed by atoms with Crippen molar-refractivity contribution in [3.05, 3.63) is 51.7 Å². The van der Waals surface area contributed by atoms with Crippen molar-refractivity contribution in [2.75, 3.05) is 11.4 Å². The Morgan fingerprint density at radius 1 is 1.19 bits per heavy atom. The highest BCUT2D eigenvalue weighted by molar-refractivity contribution is 7.12. The molecule has 0 bridgehead atoms. The van der Waals surface area contributed by atoms with Gasteiger partial charge in [0.05, 0.1) is 6.54 Å². The number of anilines is 1. The fourth-order valence-electron chi connectivity index (χ4n) is 3.03. The van der Waals surface area contributed by atoms with Gasteiger partial charge in [0.1, 0.15) is 0 Å². The van der Waals surface area contributed by atoms with E-state index >= 15 is 0 Å². The van der Waals surface area contributed by atoms with Gasteiger partial charge in [-0.25, -0.2) is 0 Å². The van der Waals surface area contributed by atoms with E-state index < -0.39 is 0 Å². The van der Waals surface area contributed by atoms with E-state index in [0.29, 0.717) is 6.04 Å². The average molecular weight is 300 g/mol. The molecule has 1 atom stereocenters. The Labute approximate surface area is 131 Å². The highest BCUT2D eigenvalue weighted by atomic mass is 32.1. The fourth-order valence-corrected chi connectivity index (χ4v) is 4.02. The van der Waals surface area contributed by atoms with Crippen molar-refractivity contribution in [1.29, 1.82) is 0 Å². The summed E-state index contributed by atoms with van der Waals surface area (Å²) in [4.78, 5) is 5.45. The molecule has 1 aromatic heterocycles. The molecule has 2 heterocycles. The van der Waals surface area contributed by atoms with Gasteiger partial charge in [-0.1, -0.05) is 25.1 Å². The lowest BCUT2D eigenvalue weighted by molar-refractivity contribution is 0.676. The number of para-hydroxylation sites is 1. The maximum absolute atomic E-state index is 3.48. The number of thiophene rings is 1. The highest BCUT2D eigenvalue weighted by Gasteiger charge is 2.25. The van der Waals surface area contributed by atoms with Crippen molar-refractivity contribution in [2.45, 2.75) is 45.8 Å². The maximum atomic E-state index is 3.48. The Morgan fingerprint density at radius 2 is 2.00 bits per heavy atom. The van der Waals surface area contributed by atoms with Gasteiger partial charge in [-0.05, 0) is 50.1 Å². The molecule has 0 saturated heterocycles. The van der Waals surface area contributed by atoms with Gasteiger partial charge < -0.3 is 10.2 Å². The van der Waals surface area contributed by atoms with Crippen LogP contribution in [0.3, 0.4) is 0 Å². The Hall–Kier alpha value is -1.32. The van der Waals surface area contributed by atoms with Crippen LogP contribution in [0.2, 0.25) is 0 Å². The van der Waals surface area contributed by atoms with E-state index in [1.807, 2.05) is 11.3 Å². The normalized spacial score (nSPS) is 17.2. The lowest BCUT2D eigenvalue weighted by atomic mass is 10.1. The highest BCUT2D eigenvalue weighted by Crippen LogP contribution is 2.34. The summed E-state index contributed by atoms with van der Waals surface area (Å²) in [6, 6.07) is 14.0. The second-order valence-corrected chi connectivity index (χ2v) is 7.11. The Kier molecular flexibility index (Phi) is 4.61. The van der Waals surface area contributed by atoms with Crippen LogP contribution in [0.4, 0.5) is 5.69 Å². The molecule has 0 fully saturated rings. The lowest BCUT2D eigenvalue weighted by Crippen LogP contribution is -2.28. The zero-order valence-electron chi connectivity index (χ0n) is 12.9. The number of rotatable bonds is 6. The molecule has 3 heteroatoms. The number of benzene rings is 1. The van der Waals surface area contributed by atoms with Crippen LogP contribution >= 0.6 is 11.3 Å². The van der Waals surface area contributed by atoms with Gasteiger partial charge in [0.2, 0.25) is 0 Å². The second kappa shape index (κ2) is 6.63. The van der Waals surface area contributed by atoms with Crippen LogP contribution in [0.25, 0.3) is 0 Å². The first-order valence-corrected chi connectivity index (χ1v) is 8.72. The van der Waals surface area contributed by atoms with Crippen LogP contribution < -0.4 is 10.2 Å². The minimum atomic E-state index is 0.603. The van der Waals surface area contributed by atoms with Gasteiger partial charge in [0, 0.05) is 28.0 Å². The monoisotopic (exact) mass is 300 g/mol. The van der Waals surface area contributed by atoms with Crippen molar-refractivity contribution in [1.82, 2.24) is 5.32 Å². The molecule has 0 aliphatic carbocycles. The second-order valence-electron chi connectivity index (χ2n) is 5.85. The molecule has 3 rings (SSSR count). The van der Waals surface area contributed by atoms with E-state index in [0.717, 1.165) is 19.6 Å². The summed E-state index contributed by atoms with van der Waals surface area (Å²) in [6.45, 7) is 7.68. The molecule has 112 valence electrons. The van der Waals surface area contributed by atoms with Crippen molar-refractivity contribution in [2.24, 2.45) is 0 Å². The average Bonchev–Trinajstić information content (AvgIpc) is 3.05. The summed E-state index contributed by atoms with van der Waals surface area (Å²) in [5.74, 6) is 0. The summed E-state index contributed by atoms with van der Waals surface area (Å²) in [7, 11) is 0. The first kappa shape index (κ1) is 14.6. The molecule has 1 aliphatic heterocycles. The van der Waals surface area contributed by atoms with Gasteiger partial charge in [0.25, 0.3) is 0 Å². The van der Waals surface area contributed by atoms with Crippen molar-refractivity contribution in [3.63, 3.8) is 0 Å². The van der Waals surface area contributed by atoms with E-state index in [1.165, 1.54) is 33.8 Å². The standard InChI is InChI=1S/C18H24N2S/c1-3-10-19-12-16-8-9-17(21-16)13-20-14(2)11-15-6-4-5-7-18(15)20/h4-9,14,19H,3,10-13H2,1-2H3. The third kappa shape index (κ3) is 3.30. The molecular weight excluding hydrogens is 276 g/mol. The zero-order chi connectivity index (χ0) is 14.7. The van der Waals surface area contributed by atoms with Crippen molar-refractivity contribution in [3.8, 4) is 0 Å². The van der Waals surface area contributed by atoms with Crippen LogP contribution in [-0.4, -0.2) is 12.6 Å². The Balaban J connectivity index is 1.67. The smallest absolute Gasteiger partial charge is 0.0526 e. The Morgan fingerprint density at radius 3 is 2.86 bits per heavy atom. The van der Waals surface area contributed by atoms with E-state index in [2.05, 4.69) is 60.5 Å². The first-order valence-electron chi connectivity index (χ1n) is 7.90. The molecule has 1 unspecified atom stereocenters. The van der Waals surface area contributed by atoms with Crippen molar-refractivity contribution < 1.29 is 0 Å². The number of fused-ring (bicyclic) bond motifs is 1. The molecule has 21 heavy (non-hydrogen) atoms. The van der Waals surface area contributed by atoms with Crippen LogP contribution in [-0.2, 0) is 19.5 Å². The summed E-state index contributed by atoms with van der Waals surface area (Å²) in [5.41, 5.74) is 2.91. The van der Waals surface area contributed by atoms with Crippen LogP contribution in [0.15, 0.2) is 36.4 Å². The van der Waals surface area contributed by atoms with Gasteiger partial charge in [-0.15, -0.1) is 11.3 Å². The topological polar surface area (TPSA) is 15.3 Å². The third-order valence-electron chi connectivity index (χ3n) is 4.12. The summed E-state index contributed by atoms with van der Waals surface area (Å²) in [5, 5.41) is 3.48.